The van der Waals surface area contributed by atoms with Gasteiger partial charge in [-0.3, -0.25) is 29.6 Å². The maximum absolute atomic E-state index is 11.2. The van der Waals surface area contributed by atoms with Crippen LogP contribution in [0.2, 0.25) is 0 Å². The van der Waals surface area contributed by atoms with Crippen molar-refractivity contribution in [3.05, 3.63) is 96.1 Å². The lowest BCUT2D eigenvalue weighted by molar-refractivity contribution is -0.142. The SMILES string of the molecule is COC(=O)CCBr.COC(=O)CCOCCn1c(Sc2cc3c(cc2C)OCO3)nc2c(N)ncnc21.Cc1cc2c(cc1Sc1nc3c(N)ncnc3n1CCNCCC(=O)NO)OCO2.Cc1cc2c(cc1Sc1nc3c(N)ncnc3n1CCO)OCO2.Cc1cc2c(cc1Sc1nc3c(N)ncnc3n1CCOCCC(=O)NO)OCO2.NO. The molecule has 2 amide bonds. The molecule has 0 spiro atoms. The number of carbonyl (C=O) groups excluding carboxylic acids is 4. The van der Waals surface area contributed by atoms with Gasteiger partial charge in [0.15, 0.2) is 135 Å². The highest BCUT2D eigenvalue weighted by Gasteiger charge is 2.27. The third kappa shape index (κ3) is 23.5. The van der Waals surface area contributed by atoms with Crippen LogP contribution in [-0.4, -0.2) is 215 Å². The number of rotatable bonds is 30. The van der Waals surface area contributed by atoms with E-state index in [0.29, 0.717) is 176 Å². The molecule has 0 saturated heterocycles. The minimum absolute atomic E-state index is 0.0248. The molecule has 0 saturated carbocycles. The van der Waals surface area contributed by atoms with Crippen molar-refractivity contribution in [2.45, 2.75) is 120 Å². The minimum atomic E-state index is -0.502. The number of anilines is 4. The number of nitrogens with zero attached hydrogens (tertiary/aromatic N) is 16. The van der Waals surface area contributed by atoms with Gasteiger partial charge < -0.3 is 114 Å². The molecule has 0 fully saturated rings. The van der Waals surface area contributed by atoms with E-state index in [4.69, 9.17) is 85.9 Å². The highest BCUT2D eigenvalue weighted by molar-refractivity contribution is 9.09. The summed E-state index contributed by atoms with van der Waals surface area (Å²) in [6.45, 7) is 12.9. The fourth-order valence-electron chi connectivity index (χ4n) is 11.6. The van der Waals surface area contributed by atoms with Crippen LogP contribution in [0.25, 0.3) is 44.7 Å². The van der Waals surface area contributed by atoms with Crippen LogP contribution in [0.4, 0.5) is 23.3 Å². The summed E-state index contributed by atoms with van der Waals surface area (Å²) in [5.74, 6) is 9.08. The van der Waals surface area contributed by atoms with Gasteiger partial charge in [0.2, 0.25) is 39.0 Å². The second kappa shape index (κ2) is 44.8. The number of nitrogens with one attached hydrogen (secondary N) is 3. The Balaban J connectivity index is 0.000000155. The number of methoxy groups -OCH3 is 2. The number of halogens is 1. The number of carbonyl (C=O) groups is 4. The standard InChI is InChI=1S/C19H21N5O5S.C18H21N7O4S.C18H20N6O5S.C15H15N5O3S.C4H7BrO2.H3NO/c1-11-7-12-13(29-10-28-12)8-14(11)30-19-23-16-17(20)21-9-22-18(16)24(19)4-6-27-5-3-15(25)26-2;1-10-6-11-12(29-9-28-11)7-13(10)30-18-23-15-16(19)21-8-22-17(15)25(18)5-4-20-3-2-14(26)24-27;1-10-6-11-12(29-9-28-11)7-13(10)30-18-22-15-16(19)20-8-21-17(15)24(18)3-5-27-4-2-14(25)23-26;1-8-4-9-10(23-7-22-9)5-11(8)24-15-19-12-13(16)17-6-18-14(12)20(15)2-3-21;1-7-4(6)2-3-5;1-2/h7-9H,3-6,10H2,1-2H3,(H2,20,21,22);6-8,20,27H,2-5,9H2,1H3,(H,24,26)(H2,19,21,22);6-8,26H,2-5,9H2,1H3,(H,23,25)(H2,19,20,21);4-6,21H,2-3,7H2,1H3,(H2,16,17,18);2-3H2,1H3;2H,1H2. The van der Waals surface area contributed by atoms with Gasteiger partial charge in [0.25, 0.3) is 0 Å². The third-order valence-corrected chi connectivity index (χ3v) is 22.8. The Hall–Kier alpha value is -11.9. The number of fused-ring (bicyclic) bond motifs is 8. The number of amides is 2. The number of hydrogen-bond acceptors (Lipinski definition) is 42. The predicted octanol–water partition coefficient (Wildman–Crippen LogP) is 6.64. The smallest absolute Gasteiger partial charge is 0.307 e. The molecular formula is C74H87BrN24O20S4. The van der Waals surface area contributed by atoms with Gasteiger partial charge in [-0.05, 0) is 98.5 Å². The number of nitrogens with two attached hydrogens (primary N) is 5. The van der Waals surface area contributed by atoms with Crippen LogP contribution in [0.15, 0.2) is 114 Å². The summed E-state index contributed by atoms with van der Waals surface area (Å²) in [7, 11) is 2.73. The largest absolute Gasteiger partial charge is 0.469 e. The molecule has 44 nitrogen and oxygen atoms in total. The molecule has 4 aliphatic heterocycles. The van der Waals surface area contributed by atoms with Crippen molar-refractivity contribution in [2.75, 3.05) is 116 Å². The van der Waals surface area contributed by atoms with Crippen LogP contribution >= 0.6 is 63.0 Å². The van der Waals surface area contributed by atoms with E-state index >= 15 is 0 Å². The first-order valence-electron chi connectivity index (χ1n) is 37.2. The Morgan fingerprint density at radius 2 is 0.707 bits per heavy atom. The molecule has 0 unspecified atom stereocenters. The summed E-state index contributed by atoms with van der Waals surface area (Å²) in [5, 5.41) is 39.6. The molecule has 4 aromatic carbocycles. The number of benzene rings is 4. The summed E-state index contributed by atoms with van der Waals surface area (Å²) in [6, 6.07) is 15.5. The molecule has 123 heavy (non-hydrogen) atoms. The maximum Gasteiger partial charge on any atom is 0.307 e. The number of aromatic nitrogens is 16. The van der Waals surface area contributed by atoms with E-state index in [9.17, 15) is 24.3 Å². The van der Waals surface area contributed by atoms with Crippen molar-refractivity contribution in [3.63, 3.8) is 0 Å². The van der Waals surface area contributed by atoms with E-state index in [0.717, 1.165) is 64.8 Å². The topological polar surface area (TPSA) is 601 Å². The zero-order chi connectivity index (χ0) is 87.6. The van der Waals surface area contributed by atoms with Crippen LogP contribution in [0, 0.1) is 27.7 Å². The molecule has 12 aromatic rings. The lowest BCUT2D eigenvalue weighted by Crippen LogP contribution is -2.27. The number of imidazole rings is 4. The van der Waals surface area contributed by atoms with E-state index in [1.54, 1.807) is 11.0 Å². The summed E-state index contributed by atoms with van der Waals surface area (Å²) in [6.07, 6.45) is 6.51. The molecule has 17 N–H and O–H groups in total. The Bertz CT molecular complexity index is 5310. The van der Waals surface area contributed by atoms with Crippen LogP contribution < -0.4 is 83.0 Å². The number of ether oxygens (including phenoxy) is 12. The number of hydrogen-bond donors (Lipinski definition) is 12. The van der Waals surface area contributed by atoms with E-state index in [1.807, 2.05) is 94.5 Å². The summed E-state index contributed by atoms with van der Waals surface area (Å²) in [5.41, 5.74) is 35.8. The van der Waals surface area contributed by atoms with Crippen molar-refractivity contribution < 1.29 is 96.7 Å². The number of alkyl halides is 1. The van der Waals surface area contributed by atoms with Gasteiger partial charge in [-0.25, -0.2) is 76.7 Å². The average molecular weight is 1840 g/mol. The third-order valence-electron chi connectivity index (χ3n) is 17.8. The van der Waals surface area contributed by atoms with Gasteiger partial charge in [-0.2, -0.15) is 0 Å². The molecule has 0 radical (unpaired) electrons. The lowest BCUT2D eigenvalue weighted by atomic mass is 10.2. The van der Waals surface area contributed by atoms with E-state index in [1.165, 1.54) is 86.6 Å². The average Bonchev–Trinajstić information content (AvgIpc) is 1.65. The molecule has 654 valence electrons. The molecule has 0 atom stereocenters. The van der Waals surface area contributed by atoms with Gasteiger partial charge in [-0.15, -0.1) is 0 Å². The Morgan fingerprint density at radius 3 is 1.01 bits per heavy atom. The molecule has 12 heterocycles. The van der Waals surface area contributed by atoms with Crippen LogP contribution in [0.1, 0.15) is 47.9 Å². The van der Waals surface area contributed by atoms with Crippen molar-refractivity contribution in [1.82, 2.24) is 94.4 Å². The van der Waals surface area contributed by atoms with Crippen molar-refractivity contribution in [2.24, 2.45) is 5.90 Å². The first kappa shape index (κ1) is 91.9. The molecule has 0 bridgehead atoms. The molecule has 8 aromatic heterocycles. The number of aliphatic hydroxyl groups excluding tert-OH is 1. The zero-order valence-corrected chi connectivity index (χ0v) is 71.8. The van der Waals surface area contributed by atoms with Gasteiger partial charge in [0, 0.05) is 57.5 Å². The van der Waals surface area contributed by atoms with E-state index < -0.39 is 11.8 Å². The summed E-state index contributed by atoms with van der Waals surface area (Å²) >= 11 is 8.97. The van der Waals surface area contributed by atoms with Crippen LogP contribution in [-0.2, 0) is 64.3 Å². The maximum atomic E-state index is 11.2. The van der Waals surface area contributed by atoms with E-state index in [-0.39, 0.29) is 78.2 Å². The Kier molecular flexibility index (Phi) is 33.4. The monoisotopic (exact) mass is 1840 g/mol. The summed E-state index contributed by atoms with van der Waals surface area (Å²) < 4.78 is 71.2. The van der Waals surface area contributed by atoms with Gasteiger partial charge in [0.05, 0.1) is 79.6 Å². The first-order valence-corrected chi connectivity index (χ1v) is 41.5. The molecule has 16 rings (SSSR count). The fourth-order valence-corrected chi connectivity index (χ4v) is 16.0. The Labute approximate surface area is 725 Å². The quantitative estimate of drug-likeness (QED) is 0.00738. The van der Waals surface area contributed by atoms with Crippen molar-refractivity contribution >= 4 is 155 Å². The molecule has 4 aliphatic rings. The lowest BCUT2D eigenvalue weighted by Gasteiger charge is -2.11. The molecular weight excluding hydrogens is 1750 g/mol. The predicted molar refractivity (Wildman–Crippen MR) is 448 cm³/mol. The highest BCUT2D eigenvalue weighted by atomic mass is 79.9. The van der Waals surface area contributed by atoms with Gasteiger partial charge >= 0.3 is 11.9 Å². The number of esters is 2. The highest BCUT2D eigenvalue weighted by Crippen LogP contribution is 2.46. The second-order valence-electron chi connectivity index (χ2n) is 25.8. The number of hydroxylamine groups is 2. The van der Waals surface area contributed by atoms with E-state index in [2.05, 4.69) is 96.4 Å². The van der Waals surface area contributed by atoms with Gasteiger partial charge in [-0.1, -0.05) is 63.0 Å². The zero-order valence-electron chi connectivity index (χ0n) is 66.9. The Morgan fingerprint density at radius 1 is 0.415 bits per heavy atom. The normalized spacial score (nSPS) is 12.2. The molecule has 49 heteroatoms. The van der Waals surface area contributed by atoms with Crippen LogP contribution in [0.3, 0.4) is 0 Å². The minimum Gasteiger partial charge on any atom is -0.469 e. The van der Waals surface area contributed by atoms with Crippen molar-refractivity contribution in [1.29, 1.82) is 0 Å². The number of aryl methyl sites for hydroxylation is 4. The fraction of sp³-hybridized carbons (Fsp3) is 0.351. The summed E-state index contributed by atoms with van der Waals surface area (Å²) in [4.78, 5) is 99.3. The van der Waals surface area contributed by atoms with Crippen LogP contribution in [0.5, 0.6) is 46.0 Å². The van der Waals surface area contributed by atoms with Gasteiger partial charge in [0.1, 0.15) is 25.3 Å². The number of nitrogen functional groups attached to an aromatic ring is 4. The molecule has 0 aliphatic carbocycles. The first-order chi connectivity index (χ1) is 59.7. The van der Waals surface area contributed by atoms with Crippen molar-refractivity contribution in [3.8, 4) is 46.0 Å². The number of aliphatic hydroxyl groups is 1. The second-order valence-corrected chi connectivity index (χ2v) is 30.6.